The first-order chi connectivity index (χ1) is 14.1. The molecule has 0 bridgehead atoms. The summed E-state index contributed by atoms with van der Waals surface area (Å²) in [6.07, 6.45) is 1.50. The summed E-state index contributed by atoms with van der Waals surface area (Å²) in [4.78, 5) is 18.0. The molecular weight excluding hydrogens is 377 g/mol. The van der Waals surface area contributed by atoms with Crippen LogP contribution in [0.15, 0.2) is 66.9 Å². The van der Waals surface area contributed by atoms with Crippen LogP contribution in [0.25, 0.3) is 0 Å². The van der Waals surface area contributed by atoms with Crippen molar-refractivity contribution >= 4 is 11.6 Å². The second-order valence-electron chi connectivity index (χ2n) is 6.11. The highest BCUT2D eigenvalue weighted by Crippen LogP contribution is 2.33. The third-order valence-electron chi connectivity index (χ3n) is 4.10. The van der Waals surface area contributed by atoms with Crippen LogP contribution in [0, 0.1) is 5.82 Å². The van der Waals surface area contributed by atoms with Gasteiger partial charge in [-0.05, 0) is 30.3 Å². The smallest absolute Gasteiger partial charge is 0.243 e. The van der Waals surface area contributed by atoms with Gasteiger partial charge in [0.2, 0.25) is 11.8 Å². The van der Waals surface area contributed by atoms with Crippen molar-refractivity contribution in [1.82, 2.24) is 4.98 Å². The van der Waals surface area contributed by atoms with E-state index in [0.717, 1.165) is 0 Å². The molecule has 1 amide bonds. The number of anilines is 1. The zero-order valence-corrected chi connectivity index (χ0v) is 15.8. The van der Waals surface area contributed by atoms with E-state index in [0.29, 0.717) is 17.0 Å². The minimum Gasteiger partial charge on any atom is -0.491 e. The first kappa shape index (κ1) is 20.3. The summed E-state index contributed by atoms with van der Waals surface area (Å²) in [5, 5.41) is 0. The zero-order chi connectivity index (χ0) is 20.6. The quantitative estimate of drug-likeness (QED) is 0.542. The Balaban J connectivity index is 1.93. The molecule has 3 rings (SSSR count). The van der Waals surface area contributed by atoms with E-state index >= 15 is 0 Å². The molecule has 0 aliphatic rings. The van der Waals surface area contributed by atoms with E-state index in [9.17, 15) is 13.6 Å². The fourth-order valence-electron chi connectivity index (χ4n) is 2.76. The first-order valence-corrected chi connectivity index (χ1v) is 9.02. The molecule has 0 spiro atoms. The number of pyridine rings is 1. The predicted molar refractivity (Wildman–Crippen MR) is 105 cm³/mol. The number of rotatable bonds is 8. The number of halogens is 2. The second kappa shape index (κ2) is 9.64. The molecule has 3 aromatic rings. The summed E-state index contributed by atoms with van der Waals surface area (Å²) >= 11 is 0. The lowest BCUT2D eigenvalue weighted by atomic mass is 10.1. The maximum Gasteiger partial charge on any atom is 0.243 e. The van der Waals surface area contributed by atoms with E-state index in [-0.39, 0.29) is 30.7 Å². The van der Waals surface area contributed by atoms with Gasteiger partial charge in [0.05, 0.1) is 6.54 Å². The van der Waals surface area contributed by atoms with Crippen molar-refractivity contribution in [2.24, 2.45) is 0 Å². The van der Waals surface area contributed by atoms with Gasteiger partial charge in [-0.25, -0.2) is 13.8 Å². The van der Waals surface area contributed by atoms with Gasteiger partial charge in [-0.2, -0.15) is 0 Å². The Hall–Kier alpha value is -3.48. The molecule has 0 saturated heterocycles. The molecule has 0 radical (unpaired) electrons. The summed E-state index contributed by atoms with van der Waals surface area (Å²) in [5.41, 5.74) is 1.07. The zero-order valence-electron chi connectivity index (χ0n) is 15.8. The summed E-state index contributed by atoms with van der Waals surface area (Å²) in [6, 6.07) is 16.3. The largest absolute Gasteiger partial charge is 0.491 e. The van der Waals surface area contributed by atoms with Crippen LogP contribution in [-0.2, 0) is 11.3 Å². The van der Waals surface area contributed by atoms with Crippen molar-refractivity contribution in [3.05, 3.63) is 78.2 Å². The van der Waals surface area contributed by atoms with Gasteiger partial charge in [-0.15, -0.1) is 0 Å². The summed E-state index contributed by atoms with van der Waals surface area (Å²) < 4.78 is 37.6. The van der Waals surface area contributed by atoms with E-state index in [4.69, 9.17) is 9.47 Å². The molecule has 0 unspecified atom stereocenters. The van der Waals surface area contributed by atoms with Crippen LogP contribution in [0.5, 0.6) is 17.4 Å². The Morgan fingerprint density at radius 1 is 1.03 bits per heavy atom. The molecule has 5 nitrogen and oxygen atoms in total. The average Bonchev–Trinajstić information content (AvgIpc) is 2.73. The number of hydrogen-bond acceptors (Lipinski definition) is 4. The third-order valence-corrected chi connectivity index (χ3v) is 4.10. The molecule has 1 heterocycles. The number of carbonyl (C=O) groups excluding carboxylic acids is 1. The van der Waals surface area contributed by atoms with Crippen molar-refractivity contribution in [3.63, 3.8) is 0 Å². The Morgan fingerprint density at radius 3 is 2.48 bits per heavy atom. The van der Waals surface area contributed by atoms with Crippen LogP contribution in [0.1, 0.15) is 12.5 Å². The average molecular weight is 397 g/mol. The SMILES string of the molecule is CC(=O)N(Cc1ccccc1OCC[18F])c1cccnc1Oc1ccccc1F. The number of benzene rings is 2. The van der Waals surface area contributed by atoms with Crippen LogP contribution in [0.2, 0.25) is 0 Å². The number of alkyl halides is 1. The fourth-order valence-corrected chi connectivity index (χ4v) is 2.76. The van der Waals surface area contributed by atoms with Gasteiger partial charge < -0.3 is 14.4 Å². The van der Waals surface area contributed by atoms with Gasteiger partial charge in [0.15, 0.2) is 11.6 Å². The van der Waals surface area contributed by atoms with Gasteiger partial charge in [-0.1, -0.05) is 30.3 Å². The molecule has 29 heavy (non-hydrogen) atoms. The fraction of sp³-hybridized carbons (Fsp3) is 0.182. The van der Waals surface area contributed by atoms with Gasteiger partial charge >= 0.3 is 0 Å². The third kappa shape index (κ3) is 5.07. The standard InChI is InChI=1S/C22H20F2N2O3/c1-16(27)26(15-17-7-2-4-10-20(17)28-14-12-23)19-9-6-13-25-22(19)29-21-11-5-3-8-18(21)24/h2-11,13H,12,14-15H2,1H3/i23-1. The molecule has 7 heteroatoms. The Bertz CT molecular complexity index is 982. The van der Waals surface area contributed by atoms with E-state index < -0.39 is 12.5 Å². The maximum atomic E-state index is 14.0. The number of hydrogen-bond donors (Lipinski definition) is 0. The number of nitrogens with zero attached hydrogens (tertiary/aromatic N) is 2. The first-order valence-electron chi connectivity index (χ1n) is 9.02. The Labute approximate surface area is 167 Å². The Kier molecular flexibility index (Phi) is 6.73. The normalized spacial score (nSPS) is 10.4. The lowest BCUT2D eigenvalue weighted by Crippen LogP contribution is -2.28. The Morgan fingerprint density at radius 2 is 1.76 bits per heavy atom. The van der Waals surface area contributed by atoms with Crippen molar-refractivity contribution in [1.29, 1.82) is 0 Å². The minimum absolute atomic E-state index is 0.00244. The molecule has 0 fully saturated rings. The van der Waals surface area contributed by atoms with Crippen molar-refractivity contribution in [2.75, 3.05) is 18.2 Å². The molecule has 2 aromatic carbocycles. The molecule has 0 aliphatic carbocycles. The maximum absolute atomic E-state index is 14.0. The van der Waals surface area contributed by atoms with Gasteiger partial charge in [0, 0.05) is 18.7 Å². The highest BCUT2D eigenvalue weighted by Gasteiger charge is 2.20. The summed E-state index contributed by atoms with van der Waals surface area (Å²) in [5.74, 6) is -0.227. The van der Waals surface area contributed by atoms with E-state index in [1.807, 2.05) is 0 Å². The highest BCUT2D eigenvalue weighted by atomic mass is 19.1. The second-order valence-corrected chi connectivity index (χ2v) is 6.11. The van der Waals surface area contributed by atoms with Crippen LogP contribution < -0.4 is 14.4 Å². The molecule has 150 valence electrons. The monoisotopic (exact) mass is 397 g/mol. The lowest BCUT2D eigenvalue weighted by molar-refractivity contribution is -0.116. The number of ether oxygens (including phenoxy) is 2. The lowest BCUT2D eigenvalue weighted by Gasteiger charge is -2.24. The molecule has 1 aromatic heterocycles. The van der Waals surface area contributed by atoms with E-state index in [2.05, 4.69) is 4.98 Å². The summed E-state index contributed by atoms with van der Waals surface area (Å²) in [7, 11) is 0. The molecule has 0 saturated carbocycles. The highest BCUT2D eigenvalue weighted by molar-refractivity contribution is 5.92. The van der Waals surface area contributed by atoms with Crippen molar-refractivity contribution < 1.29 is 23.0 Å². The van der Waals surface area contributed by atoms with E-state index in [1.54, 1.807) is 48.5 Å². The summed E-state index contributed by atoms with van der Waals surface area (Å²) in [6.45, 7) is 0.863. The number of aromatic nitrogens is 1. The van der Waals surface area contributed by atoms with Gasteiger partial charge in [-0.3, -0.25) is 4.79 Å². The van der Waals surface area contributed by atoms with E-state index in [1.165, 1.54) is 30.2 Å². The molecular formula is C22H20F2N2O3. The van der Waals surface area contributed by atoms with Crippen molar-refractivity contribution in [2.45, 2.75) is 13.5 Å². The molecule has 0 N–H and O–H groups in total. The van der Waals surface area contributed by atoms with Crippen LogP contribution in [0.4, 0.5) is 14.5 Å². The molecule has 0 aliphatic heterocycles. The van der Waals surface area contributed by atoms with Gasteiger partial charge in [0.1, 0.15) is 24.7 Å². The number of carbonyl (C=O) groups is 1. The number of amides is 1. The van der Waals surface area contributed by atoms with Crippen molar-refractivity contribution in [3.8, 4) is 17.4 Å². The number of para-hydroxylation sites is 2. The van der Waals surface area contributed by atoms with Crippen LogP contribution in [-0.4, -0.2) is 24.2 Å². The van der Waals surface area contributed by atoms with Gasteiger partial charge in [0.25, 0.3) is 0 Å². The molecule has 0 atom stereocenters. The minimum atomic E-state index is -0.617. The predicted octanol–water partition coefficient (Wildman–Crippen LogP) is 4.91. The topological polar surface area (TPSA) is 51.7 Å². The van der Waals surface area contributed by atoms with Crippen LogP contribution >= 0.6 is 0 Å². The van der Waals surface area contributed by atoms with Crippen LogP contribution in [0.3, 0.4) is 0 Å².